The Kier molecular flexibility index (Phi) is 4.72. The van der Waals surface area contributed by atoms with Crippen LogP contribution in [0, 0.1) is 0 Å². The molecule has 1 aliphatic rings. The van der Waals surface area contributed by atoms with E-state index in [0.717, 1.165) is 11.1 Å². The number of hydrogen-bond acceptors (Lipinski definition) is 3. The highest BCUT2D eigenvalue weighted by molar-refractivity contribution is 5.87. The van der Waals surface area contributed by atoms with E-state index in [-0.39, 0.29) is 5.69 Å². The summed E-state index contributed by atoms with van der Waals surface area (Å²) in [6, 6.07) is 12.3. The van der Waals surface area contributed by atoms with Gasteiger partial charge in [-0.3, -0.25) is 4.90 Å². The van der Waals surface area contributed by atoms with E-state index in [4.69, 9.17) is 5.11 Å². The third-order valence-corrected chi connectivity index (χ3v) is 4.64. The van der Waals surface area contributed by atoms with Crippen molar-refractivity contribution in [3.8, 4) is 11.1 Å². The van der Waals surface area contributed by atoms with E-state index in [9.17, 15) is 4.79 Å². The van der Waals surface area contributed by atoms with Crippen molar-refractivity contribution in [1.82, 2.24) is 9.88 Å². The molecule has 0 saturated carbocycles. The minimum atomic E-state index is -0.998. The molecule has 1 atom stereocenters. The predicted octanol–water partition coefficient (Wildman–Crippen LogP) is 3.99. The number of carbonyl (C=O) groups is 1. The molecule has 120 valence electrons. The van der Waals surface area contributed by atoms with Gasteiger partial charge < -0.3 is 5.11 Å². The summed E-state index contributed by atoms with van der Waals surface area (Å²) in [4.78, 5) is 17.4. The molecule has 1 aromatic carbocycles. The SMILES string of the molecule is CC(c1ccc(-c2ccnc(C(=O)O)c2)cc1)N1CCCCC1. The molecule has 4 heteroatoms. The molecule has 0 amide bonds. The van der Waals surface area contributed by atoms with Gasteiger partial charge in [-0.2, -0.15) is 0 Å². The van der Waals surface area contributed by atoms with E-state index in [1.54, 1.807) is 12.3 Å². The van der Waals surface area contributed by atoms with Crippen LogP contribution in [-0.4, -0.2) is 34.0 Å². The number of aromatic carboxylic acids is 1. The second-order valence-electron chi connectivity index (χ2n) is 6.13. The summed E-state index contributed by atoms with van der Waals surface area (Å²) in [7, 11) is 0. The molecule has 2 aromatic rings. The van der Waals surface area contributed by atoms with Crippen LogP contribution in [0.4, 0.5) is 0 Å². The molecule has 0 bridgehead atoms. The normalized spacial score (nSPS) is 16.9. The topological polar surface area (TPSA) is 53.4 Å². The average molecular weight is 310 g/mol. The number of carboxylic acid groups (broad SMARTS) is 1. The Labute approximate surface area is 136 Å². The standard InChI is InChI=1S/C19H22N2O2/c1-14(21-11-3-2-4-12-21)15-5-7-16(8-6-15)17-9-10-20-18(13-17)19(22)23/h5-10,13-14H,2-4,11-12H2,1H3,(H,22,23). The van der Waals surface area contributed by atoms with Crippen molar-refractivity contribution >= 4 is 5.97 Å². The Balaban J connectivity index is 1.79. The molecule has 3 rings (SSSR count). The number of piperidine rings is 1. The number of carboxylic acids is 1. The summed E-state index contributed by atoms with van der Waals surface area (Å²) >= 11 is 0. The summed E-state index contributed by atoms with van der Waals surface area (Å²) in [6.07, 6.45) is 5.47. The molecule has 4 nitrogen and oxygen atoms in total. The van der Waals surface area contributed by atoms with Gasteiger partial charge in [0.15, 0.2) is 0 Å². The maximum atomic E-state index is 11.0. The van der Waals surface area contributed by atoms with Crippen molar-refractivity contribution in [3.63, 3.8) is 0 Å². The fourth-order valence-electron chi connectivity index (χ4n) is 3.20. The van der Waals surface area contributed by atoms with Crippen LogP contribution in [0.15, 0.2) is 42.6 Å². The zero-order chi connectivity index (χ0) is 16.2. The molecule has 1 unspecified atom stereocenters. The lowest BCUT2D eigenvalue weighted by Gasteiger charge is -2.32. The molecule has 1 aliphatic heterocycles. The first-order valence-electron chi connectivity index (χ1n) is 8.19. The Hall–Kier alpha value is -2.20. The molecule has 2 heterocycles. The van der Waals surface area contributed by atoms with Gasteiger partial charge in [0.2, 0.25) is 0 Å². The highest BCUT2D eigenvalue weighted by Crippen LogP contribution is 2.27. The third-order valence-electron chi connectivity index (χ3n) is 4.64. The number of benzene rings is 1. The van der Waals surface area contributed by atoms with Crippen molar-refractivity contribution in [3.05, 3.63) is 53.9 Å². The molecule has 1 N–H and O–H groups in total. The van der Waals surface area contributed by atoms with Gasteiger partial charge in [-0.25, -0.2) is 9.78 Å². The van der Waals surface area contributed by atoms with Gasteiger partial charge >= 0.3 is 5.97 Å². The largest absolute Gasteiger partial charge is 0.477 e. The third kappa shape index (κ3) is 3.59. The van der Waals surface area contributed by atoms with Crippen LogP contribution in [0.3, 0.4) is 0 Å². The first-order valence-corrected chi connectivity index (χ1v) is 8.19. The lowest BCUT2D eigenvalue weighted by atomic mass is 9.99. The minimum Gasteiger partial charge on any atom is -0.477 e. The van der Waals surface area contributed by atoms with E-state index in [1.807, 2.05) is 6.07 Å². The number of nitrogens with zero attached hydrogens (tertiary/aromatic N) is 2. The zero-order valence-corrected chi connectivity index (χ0v) is 13.4. The Morgan fingerprint density at radius 2 is 1.78 bits per heavy atom. The Morgan fingerprint density at radius 3 is 2.43 bits per heavy atom. The molecule has 23 heavy (non-hydrogen) atoms. The van der Waals surface area contributed by atoms with Crippen LogP contribution >= 0.6 is 0 Å². The van der Waals surface area contributed by atoms with Gasteiger partial charge in [0.25, 0.3) is 0 Å². The van der Waals surface area contributed by atoms with Crippen molar-refractivity contribution in [2.24, 2.45) is 0 Å². The van der Waals surface area contributed by atoms with Crippen LogP contribution in [0.5, 0.6) is 0 Å². The fourth-order valence-corrected chi connectivity index (χ4v) is 3.20. The summed E-state index contributed by atoms with van der Waals surface area (Å²) in [5, 5.41) is 9.05. The second-order valence-corrected chi connectivity index (χ2v) is 6.13. The molecule has 0 aliphatic carbocycles. The van der Waals surface area contributed by atoms with Gasteiger partial charge in [0.05, 0.1) is 0 Å². The Bertz CT molecular complexity index is 676. The smallest absolute Gasteiger partial charge is 0.354 e. The number of aromatic nitrogens is 1. The van der Waals surface area contributed by atoms with Crippen molar-refractivity contribution in [1.29, 1.82) is 0 Å². The molecular weight excluding hydrogens is 288 g/mol. The van der Waals surface area contributed by atoms with E-state index in [2.05, 4.69) is 41.1 Å². The summed E-state index contributed by atoms with van der Waals surface area (Å²) < 4.78 is 0. The number of rotatable bonds is 4. The van der Waals surface area contributed by atoms with E-state index in [0.29, 0.717) is 6.04 Å². The van der Waals surface area contributed by atoms with Gasteiger partial charge in [-0.1, -0.05) is 30.7 Å². The van der Waals surface area contributed by atoms with Crippen molar-refractivity contribution in [2.75, 3.05) is 13.1 Å². The molecule has 1 aromatic heterocycles. The molecule has 1 saturated heterocycles. The molecular formula is C19H22N2O2. The molecule has 1 fully saturated rings. The maximum Gasteiger partial charge on any atom is 0.354 e. The first-order chi connectivity index (χ1) is 11.1. The Morgan fingerprint density at radius 1 is 1.09 bits per heavy atom. The van der Waals surface area contributed by atoms with Gasteiger partial charge in [0, 0.05) is 12.2 Å². The van der Waals surface area contributed by atoms with E-state index in [1.165, 1.54) is 37.9 Å². The number of likely N-dealkylation sites (tertiary alicyclic amines) is 1. The average Bonchev–Trinajstić information content (AvgIpc) is 2.62. The number of hydrogen-bond donors (Lipinski definition) is 1. The molecule has 0 spiro atoms. The van der Waals surface area contributed by atoms with Gasteiger partial charge in [-0.15, -0.1) is 0 Å². The predicted molar refractivity (Wildman–Crippen MR) is 90.5 cm³/mol. The second kappa shape index (κ2) is 6.92. The lowest BCUT2D eigenvalue weighted by molar-refractivity contribution is 0.0690. The van der Waals surface area contributed by atoms with Crippen molar-refractivity contribution in [2.45, 2.75) is 32.2 Å². The van der Waals surface area contributed by atoms with Crippen LogP contribution in [0.2, 0.25) is 0 Å². The van der Waals surface area contributed by atoms with Gasteiger partial charge in [-0.05, 0) is 61.7 Å². The first kappa shape index (κ1) is 15.7. The fraction of sp³-hybridized carbons (Fsp3) is 0.368. The van der Waals surface area contributed by atoms with Crippen LogP contribution in [-0.2, 0) is 0 Å². The van der Waals surface area contributed by atoms with Crippen molar-refractivity contribution < 1.29 is 9.90 Å². The minimum absolute atomic E-state index is 0.0771. The van der Waals surface area contributed by atoms with Crippen LogP contribution in [0.25, 0.3) is 11.1 Å². The van der Waals surface area contributed by atoms with E-state index >= 15 is 0 Å². The highest BCUT2D eigenvalue weighted by atomic mass is 16.4. The van der Waals surface area contributed by atoms with E-state index < -0.39 is 5.97 Å². The van der Waals surface area contributed by atoms with Crippen LogP contribution < -0.4 is 0 Å². The zero-order valence-electron chi connectivity index (χ0n) is 13.4. The summed E-state index contributed by atoms with van der Waals surface area (Å²) in [5.41, 5.74) is 3.29. The maximum absolute atomic E-state index is 11.0. The monoisotopic (exact) mass is 310 g/mol. The molecule has 0 radical (unpaired) electrons. The summed E-state index contributed by atoms with van der Waals surface area (Å²) in [6.45, 7) is 4.61. The van der Waals surface area contributed by atoms with Crippen LogP contribution in [0.1, 0.15) is 48.3 Å². The van der Waals surface area contributed by atoms with Gasteiger partial charge in [0.1, 0.15) is 5.69 Å². The number of pyridine rings is 1. The quantitative estimate of drug-likeness (QED) is 0.927. The lowest BCUT2D eigenvalue weighted by Crippen LogP contribution is -2.32. The summed E-state index contributed by atoms with van der Waals surface area (Å²) in [5.74, 6) is -0.998. The highest BCUT2D eigenvalue weighted by Gasteiger charge is 2.18.